The summed E-state index contributed by atoms with van der Waals surface area (Å²) in [5, 5.41) is 0. The van der Waals surface area contributed by atoms with Gasteiger partial charge in [0.15, 0.2) is 0 Å². The first kappa shape index (κ1) is 12.3. The second-order valence-electron chi connectivity index (χ2n) is 6.45. The summed E-state index contributed by atoms with van der Waals surface area (Å²) >= 11 is 0. The predicted molar refractivity (Wildman–Crippen MR) is 80.8 cm³/mol. The first-order valence-corrected chi connectivity index (χ1v) is 7.85. The number of carbonyl (C=O) groups is 1. The van der Waals surface area contributed by atoms with Crippen molar-refractivity contribution in [2.75, 3.05) is 6.61 Å². The predicted octanol–water partition coefficient (Wildman–Crippen LogP) is 3.73. The second-order valence-corrected chi connectivity index (χ2v) is 6.45. The van der Waals surface area contributed by atoms with E-state index in [0.717, 1.165) is 17.9 Å². The Morgan fingerprint density at radius 2 is 1.59 bits per heavy atom. The normalized spacial score (nSPS) is 28.2. The van der Waals surface area contributed by atoms with E-state index in [0.29, 0.717) is 24.4 Å². The van der Waals surface area contributed by atoms with Crippen LogP contribution in [0.15, 0.2) is 48.5 Å². The van der Waals surface area contributed by atoms with Gasteiger partial charge in [-0.25, -0.2) is 0 Å². The Morgan fingerprint density at radius 3 is 2.18 bits per heavy atom. The SMILES string of the molecule is O=C1OC[C@@H]2[C@H](CC3c4ccccc4Oc4ccccc43)[C@H]12. The Balaban J connectivity index is 1.53. The number of hydrogen-bond donors (Lipinski definition) is 0. The fraction of sp³-hybridized carbons (Fsp3) is 0.316. The molecule has 0 N–H and O–H groups in total. The van der Waals surface area contributed by atoms with Gasteiger partial charge in [0, 0.05) is 23.0 Å². The van der Waals surface area contributed by atoms with Crippen LogP contribution in [0, 0.1) is 17.8 Å². The van der Waals surface area contributed by atoms with Gasteiger partial charge in [-0.15, -0.1) is 0 Å². The van der Waals surface area contributed by atoms with Crippen molar-refractivity contribution in [3.05, 3.63) is 59.7 Å². The van der Waals surface area contributed by atoms with Crippen molar-refractivity contribution in [3.8, 4) is 11.5 Å². The summed E-state index contributed by atoms with van der Waals surface area (Å²) in [5.41, 5.74) is 2.47. The van der Waals surface area contributed by atoms with Crippen LogP contribution in [0.1, 0.15) is 23.5 Å². The maximum atomic E-state index is 11.7. The lowest BCUT2D eigenvalue weighted by Gasteiger charge is -2.28. The molecule has 110 valence electrons. The third kappa shape index (κ3) is 1.65. The Kier molecular flexibility index (Phi) is 2.43. The van der Waals surface area contributed by atoms with Gasteiger partial charge in [0.05, 0.1) is 12.5 Å². The highest BCUT2D eigenvalue weighted by atomic mass is 16.5. The number of hydrogen-bond acceptors (Lipinski definition) is 3. The monoisotopic (exact) mass is 292 g/mol. The fourth-order valence-electron chi connectivity index (χ4n) is 4.15. The highest BCUT2D eigenvalue weighted by Gasteiger charge is 2.60. The molecule has 1 saturated heterocycles. The van der Waals surface area contributed by atoms with Crippen LogP contribution in [0.2, 0.25) is 0 Å². The fourth-order valence-corrected chi connectivity index (χ4v) is 4.15. The van der Waals surface area contributed by atoms with Gasteiger partial charge in [0.25, 0.3) is 0 Å². The molecule has 1 saturated carbocycles. The lowest BCUT2D eigenvalue weighted by molar-refractivity contribution is -0.141. The minimum atomic E-state index is 0.00336. The molecule has 2 heterocycles. The molecule has 0 unspecified atom stereocenters. The maximum absolute atomic E-state index is 11.7. The van der Waals surface area contributed by atoms with Gasteiger partial charge < -0.3 is 9.47 Å². The molecule has 3 nitrogen and oxygen atoms in total. The molecule has 5 rings (SSSR count). The average Bonchev–Trinajstić information content (AvgIpc) is 3.11. The first-order chi connectivity index (χ1) is 10.8. The maximum Gasteiger partial charge on any atom is 0.309 e. The number of esters is 1. The van der Waals surface area contributed by atoms with Crippen molar-refractivity contribution in [3.63, 3.8) is 0 Å². The summed E-state index contributed by atoms with van der Waals surface area (Å²) in [6.07, 6.45) is 1.00. The van der Waals surface area contributed by atoms with Crippen LogP contribution in [-0.4, -0.2) is 12.6 Å². The van der Waals surface area contributed by atoms with E-state index in [1.807, 2.05) is 24.3 Å². The van der Waals surface area contributed by atoms with Crippen LogP contribution >= 0.6 is 0 Å². The molecule has 22 heavy (non-hydrogen) atoms. The molecule has 0 aromatic heterocycles. The van der Waals surface area contributed by atoms with Crippen molar-refractivity contribution >= 4 is 5.97 Å². The quantitative estimate of drug-likeness (QED) is 0.791. The van der Waals surface area contributed by atoms with E-state index >= 15 is 0 Å². The molecule has 0 amide bonds. The lowest BCUT2D eigenvalue weighted by atomic mass is 9.83. The van der Waals surface area contributed by atoms with Gasteiger partial charge in [-0.2, -0.15) is 0 Å². The van der Waals surface area contributed by atoms with E-state index in [4.69, 9.17) is 9.47 Å². The Bertz CT molecular complexity index is 721. The van der Waals surface area contributed by atoms with E-state index in [1.54, 1.807) is 0 Å². The number of carbonyl (C=O) groups excluding carboxylic acids is 1. The van der Waals surface area contributed by atoms with Crippen LogP contribution in [0.3, 0.4) is 0 Å². The summed E-state index contributed by atoms with van der Waals surface area (Å²) in [6.45, 7) is 0.612. The van der Waals surface area contributed by atoms with E-state index < -0.39 is 0 Å². The van der Waals surface area contributed by atoms with Crippen molar-refractivity contribution in [2.45, 2.75) is 12.3 Å². The molecule has 2 aromatic carbocycles. The summed E-state index contributed by atoms with van der Waals surface area (Å²) in [5.74, 6) is 3.25. The number of para-hydroxylation sites is 2. The van der Waals surface area contributed by atoms with Crippen molar-refractivity contribution in [1.82, 2.24) is 0 Å². The standard InChI is InChI=1S/C19H16O3/c20-19-18-14(15(18)10-21-19)9-13-11-5-1-3-7-16(11)22-17-8-4-2-6-12(13)17/h1-8,13-15,18H,9-10H2/t14-,15+,18-/m0/s1. The third-order valence-corrected chi connectivity index (χ3v) is 5.34. The van der Waals surface area contributed by atoms with E-state index in [9.17, 15) is 4.79 Å². The van der Waals surface area contributed by atoms with Gasteiger partial charge in [0.2, 0.25) is 0 Å². The number of benzene rings is 2. The largest absolute Gasteiger partial charge is 0.465 e. The minimum Gasteiger partial charge on any atom is -0.465 e. The number of fused-ring (bicyclic) bond motifs is 3. The van der Waals surface area contributed by atoms with Gasteiger partial charge in [-0.05, 0) is 24.5 Å². The lowest BCUT2D eigenvalue weighted by Crippen LogP contribution is -2.13. The molecule has 2 aromatic rings. The molecule has 3 atom stereocenters. The molecule has 3 heteroatoms. The molecule has 2 aliphatic heterocycles. The Hall–Kier alpha value is -2.29. The molecular formula is C19H16O3. The van der Waals surface area contributed by atoms with Crippen molar-refractivity contribution in [1.29, 1.82) is 0 Å². The zero-order valence-corrected chi connectivity index (χ0v) is 12.1. The van der Waals surface area contributed by atoms with E-state index in [1.165, 1.54) is 11.1 Å². The average molecular weight is 292 g/mol. The summed E-state index contributed by atoms with van der Waals surface area (Å²) in [4.78, 5) is 11.7. The molecule has 3 aliphatic rings. The summed E-state index contributed by atoms with van der Waals surface area (Å²) in [7, 11) is 0. The third-order valence-electron chi connectivity index (χ3n) is 5.34. The second kappa shape index (κ2) is 4.35. The molecular weight excluding hydrogens is 276 g/mol. The number of cyclic esters (lactones) is 1. The molecule has 2 fully saturated rings. The zero-order valence-electron chi connectivity index (χ0n) is 12.1. The van der Waals surface area contributed by atoms with Crippen LogP contribution < -0.4 is 4.74 Å². The van der Waals surface area contributed by atoms with Crippen LogP contribution in [0.4, 0.5) is 0 Å². The van der Waals surface area contributed by atoms with Gasteiger partial charge in [-0.1, -0.05) is 36.4 Å². The van der Waals surface area contributed by atoms with Crippen LogP contribution in [0.5, 0.6) is 11.5 Å². The summed E-state index contributed by atoms with van der Waals surface area (Å²) in [6, 6.07) is 16.5. The molecule has 1 aliphatic carbocycles. The highest BCUT2D eigenvalue weighted by molar-refractivity contribution is 5.79. The Morgan fingerprint density at radius 1 is 0.955 bits per heavy atom. The highest BCUT2D eigenvalue weighted by Crippen LogP contribution is 2.58. The van der Waals surface area contributed by atoms with Crippen molar-refractivity contribution < 1.29 is 14.3 Å². The number of ether oxygens (including phenoxy) is 2. The van der Waals surface area contributed by atoms with E-state index in [2.05, 4.69) is 24.3 Å². The smallest absolute Gasteiger partial charge is 0.309 e. The minimum absolute atomic E-state index is 0.00336. The molecule has 0 bridgehead atoms. The van der Waals surface area contributed by atoms with Crippen LogP contribution in [-0.2, 0) is 9.53 Å². The molecule has 0 spiro atoms. The van der Waals surface area contributed by atoms with Crippen LogP contribution in [0.25, 0.3) is 0 Å². The molecule has 0 radical (unpaired) electrons. The topological polar surface area (TPSA) is 35.5 Å². The number of rotatable bonds is 2. The van der Waals surface area contributed by atoms with E-state index in [-0.39, 0.29) is 11.9 Å². The van der Waals surface area contributed by atoms with Crippen molar-refractivity contribution in [2.24, 2.45) is 17.8 Å². The Labute approximate surface area is 128 Å². The van der Waals surface area contributed by atoms with Gasteiger partial charge >= 0.3 is 5.97 Å². The first-order valence-electron chi connectivity index (χ1n) is 7.85. The summed E-state index contributed by atoms with van der Waals surface area (Å²) < 4.78 is 11.1. The zero-order chi connectivity index (χ0) is 14.7. The van der Waals surface area contributed by atoms with Gasteiger partial charge in [0.1, 0.15) is 11.5 Å². The van der Waals surface area contributed by atoms with Gasteiger partial charge in [-0.3, -0.25) is 4.79 Å².